The molecule has 3 aromatic heterocycles. The van der Waals surface area contributed by atoms with Gasteiger partial charge in [-0.25, -0.2) is 9.67 Å². The lowest BCUT2D eigenvalue weighted by atomic mass is 10.1. The quantitative estimate of drug-likeness (QED) is 0.605. The maximum absolute atomic E-state index is 6.30. The molecule has 0 atom stereocenters. The normalized spacial score (nSPS) is 15.3. The van der Waals surface area contributed by atoms with E-state index in [0.717, 1.165) is 54.2 Å². The number of ether oxygens (including phenoxy) is 1. The van der Waals surface area contributed by atoms with Crippen molar-refractivity contribution >= 4 is 16.7 Å². The maximum atomic E-state index is 6.30. The highest BCUT2D eigenvalue weighted by atomic mass is 16.5. The van der Waals surface area contributed by atoms with Crippen molar-refractivity contribution in [1.82, 2.24) is 24.7 Å². The largest absolute Gasteiger partial charge is 0.490 e. The fourth-order valence-corrected chi connectivity index (χ4v) is 3.55. The predicted octanol–water partition coefficient (Wildman–Crippen LogP) is 3.19. The van der Waals surface area contributed by atoms with Crippen LogP contribution < -0.4 is 9.64 Å². The van der Waals surface area contributed by atoms with Gasteiger partial charge in [-0.1, -0.05) is 6.07 Å². The summed E-state index contributed by atoms with van der Waals surface area (Å²) in [5, 5.41) is 5.36. The van der Waals surface area contributed by atoms with E-state index in [1.54, 1.807) is 17.1 Å². The van der Waals surface area contributed by atoms with Gasteiger partial charge >= 0.3 is 0 Å². The first-order chi connectivity index (χ1) is 13.4. The first-order valence-electron chi connectivity index (χ1n) is 9.16. The number of nitrogens with one attached hydrogen (secondary N) is 1. The molecular formula is C20H20N6O. The Morgan fingerprint density at radius 1 is 1.04 bits per heavy atom. The molecule has 0 bridgehead atoms. The van der Waals surface area contributed by atoms with E-state index in [4.69, 9.17) is 9.72 Å². The average Bonchev–Trinajstić information content (AvgIpc) is 3.41. The molecule has 1 fully saturated rings. The van der Waals surface area contributed by atoms with Gasteiger partial charge in [0, 0.05) is 55.4 Å². The van der Waals surface area contributed by atoms with Gasteiger partial charge in [0.1, 0.15) is 17.7 Å². The Bertz CT molecular complexity index is 1030. The number of H-pyrrole nitrogens is 1. The van der Waals surface area contributed by atoms with Crippen LogP contribution in [0.2, 0.25) is 0 Å². The monoisotopic (exact) mass is 360 g/mol. The van der Waals surface area contributed by atoms with Crippen LogP contribution in [0.4, 0.5) is 5.82 Å². The van der Waals surface area contributed by atoms with Gasteiger partial charge in [0.25, 0.3) is 0 Å². The lowest BCUT2D eigenvalue weighted by Gasteiger charge is -2.33. The molecule has 0 saturated carbocycles. The number of piperidine rings is 1. The lowest BCUT2D eigenvalue weighted by molar-refractivity contribution is 0.173. The first-order valence-corrected chi connectivity index (χ1v) is 9.16. The zero-order valence-electron chi connectivity index (χ0n) is 14.8. The fraction of sp³-hybridized carbons (Fsp3) is 0.250. The Morgan fingerprint density at radius 2 is 1.93 bits per heavy atom. The molecule has 7 heteroatoms. The summed E-state index contributed by atoms with van der Waals surface area (Å²) in [7, 11) is 0. The summed E-state index contributed by atoms with van der Waals surface area (Å²) in [6, 6.07) is 10.1. The van der Waals surface area contributed by atoms with Crippen molar-refractivity contribution in [1.29, 1.82) is 0 Å². The molecule has 0 unspecified atom stereocenters. The highest BCUT2D eigenvalue weighted by Crippen LogP contribution is 2.28. The van der Waals surface area contributed by atoms with E-state index < -0.39 is 0 Å². The third-order valence-electron chi connectivity index (χ3n) is 4.96. The van der Waals surface area contributed by atoms with Gasteiger partial charge in [-0.05, 0) is 24.3 Å². The summed E-state index contributed by atoms with van der Waals surface area (Å²) in [5.41, 5.74) is 1.11. The van der Waals surface area contributed by atoms with E-state index >= 15 is 0 Å². The Labute approximate surface area is 156 Å². The van der Waals surface area contributed by atoms with Crippen LogP contribution in [0.15, 0.2) is 61.3 Å². The third-order valence-corrected chi connectivity index (χ3v) is 4.96. The highest BCUT2D eigenvalue weighted by Gasteiger charge is 2.22. The molecule has 27 heavy (non-hydrogen) atoms. The maximum Gasteiger partial charge on any atom is 0.173 e. The molecule has 4 aromatic rings. The van der Waals surface area contributed by atoms with Crippen molar-refractivity contribution in [2.45, 2.75) is 18.9 Å². The van der Waals surface area contributed by atoms with Crippen LogP contribution in [-0.2, 0) is 0 Å². The van der Waals surface area contributed by atoms with E-state index in [-0.39, 0.29) is 6.10 Å². The SMILES string of the molecule is c1cc(OC2CCN(c3cncc(-n4cccn4)n3)CC2)c2cc[nH]c2c1. The van der Waals surface area contributed by atoms with Gasteiger partial charge in [-0.2, -0.15) is 5.10 Å². The van der Waals surface area contributed by atoms with Crippen molar-refractivity contribution in [3.05, 3.63) is 61.3 Å². The first kappa shape index (κ1) is 15.9. The summed E-state index contributed by atoms with van der Waals surface area (Å²) in [6.07, 6.45) is 11.2. The van der Waals surface area contributed by atoms with Gasteiger partial charge in [0.15, 0.2) is 5.82 Å². The van der Waals surface area contributed by atoms with E-state index in [0.29, 0.717) is 0 Å². The van der Waals surface area contributed by atoms with Gasteiger partial charge in [-0.15, -0.1) is 0 Å². The molecule has 1 saturated heterocycles. The molecule has 136 valence electrons. The van der Waals surface area contributed by atoms with E-state index in [1.165, 1.54) is 0 Å². The molecule has 5 rings (SSSR count). The molecule has 1 N–H and O–H groups in total. The van der Waals surface area contributed by atoms with Crippen LogP contribution in [0.5, 0.6) is 5.75 Å². The van der Waals surface area contributed by atoms with Crippen LogP contribution in [0.25, 0.3) is 16.7 Å². The van der Waals surface area contributed by atoms with E-state index in [9.17, 15) is 0 Å². The number of rotatable bonds is 4. The van der Waals surface area contributed by atoms with Crippen molar-refractivity contribution in [2.24, 2.45) is 0 Å². The number of aromatic amines is 1. The second-order valence-electron chi connectivity index (χ2n) is 6.69. The van der Waals surface area contributed by atoms with E-state index in [1.807, 2.05) is 36.8 Å². The summed E-state index contributed by atoms with van der Waals surface area (Å²) in [4.78, 5) is 14.5. The van der Waals surface area contributed by atoms with Crippen molar-refractivity contribution in [3.8, 4) is 11.6 Å². The second-order valence-corrected chi connectivity index (χ2v) is 6.69. The van der Waals surface area contributed by atoms with Crippen LogP contribution in [0, 0.1) is 0 Å². The minimum Gasteiger partial charge on any atom is -0.490 e. The molecule has 1 aromatic carbocycles. The second kappa shape index (κ2) is 6.75. The van der Waals surface area contributed by atoms with Gasteiger partial charge in [-0.3, -0.25) is 4.98 Å². The van der Waals surface area contributed by atoms with Crippen LogP contribution in [0.3, 0.4) is 0 Å². The summed E-state index contributed by atoms with van der Waals surface area (Å²) >= 11 is 0. The third kappa shape index (κ3) is 3.12. The lowest BCUT2D eigenvalue weighted by Crippen LogP contribution is -2.38. The standard InChI is InChI=1S/C20H20N6O/c1-3-17-16(5-9-22-17)18(4-1)27-15-6-11-25(12-7-15)19-13-21-14-20(24-19)26-10-2-8-23-26/h1-5,8-10,13-15,22H,6-7,11-12H2. The molecule has 0 aliphatic carbocycles. The Kier molecular flexibility index (Phi) is 3.97. The fourth-order valence-electron chi connectivity index (χ4n) is 3.55. The minimum atomic E-state index is 0.212. The number of anilines is 1. The van der Waals surface area contributed by atoms with Gasteiger partial charge in [0.05, 0.1) is 12.4 Å². The molecule has 0 radical (unpaired) electrons. The van der Waals surface area contributed by atoms with E-state index in [2.05, 4.69) is 32.1 Å². The minimum absolute atomic E-state index is 0.212. The molecule has 1 aliphatic heterocycles. The zero-order valence-corrected chi connectivity index (χ0v) is 14.8. The predicted molar refractivity (Wildman–Crippen MR) is 103 cm³/mol. The van der Waals surface area contributed by atoms with Crippen LogP contribution in [0.1, 0.15) is 12.8 Å². The number of hydrogen-bond acceptors (Lipinski definition) is 5. The molecule has 4 heterocycles. The molecular weight excluding hydrogens is 340 g/mol. The Morgan fingerprint density at radius 3 is 2.78 bits per heavy atom. The van der Waals surface area contributed by atoms with Crippen molar-refractivity contribution in [2.75, 3.05) is 18.0 Å². The summed E-state index contributed by atoms with van der Waals surface area (Å²) in [6.45, 7) is 1.79. The molecule has 0 spiro atoms. The highest BCUT2D eigenvalue weighted by molar-refractivity contribution is 5.85. The molecule has 0 amide bonds. The van der Waals surface area contributed by atoms with Crippen LogP contribution in [-0.4, -0.2) is 43.9 Å². The van der Waals surface area contributed by atoms with Gasteiger partial charge in [0.2, 0.25) is 0 Å². The number of benzene rings is 1. The Hall–Kier alpha value is -3.35. The Balaban J connectivity index is 1.27. The van der Waals surface area contributed by atoms with Crippen molar-refractivity contribution in [3.63, 3.8) is 0 Å². The van der Waals surface area contributed by atoms with Gasteiger partial charge < -0.3 is 14.6 Å². The average molecular weight is 360 g/mol. The number of hydrogen-bond donors (Lipinski definition) is 1. The summed E-state index contributed by atoms with van der Waals surface area (Å²) in [5.74, 6) is 2.57. The molecule has 7 nitrogen and oxygen atoms in total. The molecule has 1 aliphatic rings. The topological polar surface area (TPSA) is 71.9 Å². The number of fused-ring (bicyclic) bond motifs is 1. The van der Waals surface area contributed by atoms with Crippen LogP contribution >= 0.6 is 0 Å². The zero-order chi connectivity index (χ0) is 18.1. The number of nitrogens with zero attached hydrogens (tertiary/aromatic N) is 5. The van der Waals surface area contributed by atoms with Crippen molar-refractivity contribution < 1.29 is 4.74 Å². The summed E-state index contributed by atoms with van der Waals surface area (Å²) < 4.78 is 8.02. The smallest absolute Gasteiger partial charge is 0.173 e. The number of aromatic nitrogens is 5.